The third kappa shape index (κ3) is 7.00. The molecule has 0 aliphatic heterocycles. The van der Waals surface area contributed by atoms with Crippen molar-refractivity contribution in [2.24, 2.45) is 0 Å². The third-order valence-corrected chi connectivity index (χ3v) is 12.0. The van der Waals surface area contributed by atoms with Crippen LogP contribution in [0.1, 0.15) is 0 Å². The number of fused-ring (bicyclic) bond motifs is 5. The van der Waals surface area contributed by atoms with Crippen LogP contribution in [0, 0.1) is 0 Å². The zero-order valence-corrected chi connectivity index (χ0v) is 35.1. The molecule has 0 saturated heterocycles. The maximum atomic E-state index is 5.34. The maximum absolute atomic E-state index is 5.34. The minimum atomic E-state index is 0.593. The number of nitrogens with zero attached hydrogens (tertiary/aromatic N) is 6. The Hall–Kier alpha value is -8.87. The van der Waals surface area contributed by atoms with E-state index in [1.165, 1.54) is 10.8 Å². The largest absolute Gasteiger partial charge is 0.309 e. The molecule has 0 amide bonds. The molecule has 0 aliphatic rings. The first-order valence-electron chi connectivity index (χ1n) is 21.8. The van der Waals surface area contributed by atoms with E-state index in [2.05, 4.69) is 180 Å². The lowest BCUT2D eigenvalue weighted by Crippen LogP contribution is -2.01. The predicted octanol–water partition coefficient (Wildman–Crippen LogP) is 14.6. The second-order valence-corrected chi connectivity index (χ2v) is 16.1. The highest BCUT2D eigenvalue weighted by atomic mass is 15.0. The van der Waals surface area contributed by atoms with Gasteiger partial charge in [0.05, 0.1) is 22.4 Å². The Morgan fingerprint density at radius 3 is 1.37 bits per heavy atom. The molecule has 0 saturated carbocycles. The molecule has 0 radical (unpaired) electrons. The van der Waals surface area contributed by atoms with Gasteiger partial charge in [-0.25, -0.2) is 24.9 Å². The Morgan fingerprint density at radius 1 is 0.262 bits per heavy atom. The van der Waals surface area contributed by atoms with Crippen molar-refractivity contribution in [2.45, 2.75) is 0 Å². The zero-order chi connectivity index (χ0) is 43.1. The molecule has 0 bridgehead atoms. The lowest BCUT2D eigenvalue weighted by molar-refractivity contribution is 1.08. The van der Waals surface area contributed by atoms with Crippen molar-refractivity contribution in [3.63, 3.8) is 0 Å². The summed E-state index contributed by atoms with van der Waals surface area (Å²) < 4.78 is 2.35. The molecule has 0 unspecified atom stereocenters. The van der Waals surface area contributed by atoms with Gasteiger partial charge in [-0.3, -0.25) is 0 Å². The molecule has 0 N–H and O–H groups in total. The van der Waals surface area contributed by atoms with Gasteiger partial charge in [-0.1, -0.05) is 188 Å². The monoisotopic (exact) mass is 830 g/mol. The van der Waals surface area contributed by atoms with Crippen LogP contribution in [-0.2, 0) is 0 Å². The molecule has 6 heteroatoms. The molecule has 0 aliphatic carbocycles. The highest BCUT2D eigenvalue weighted by Crippen LogP contribution is 2.41. The molecular formula is C59H38N6. The summed E-state index contributed by atoms with van der Waals surface area (Å²) in [5.41, 5.74) is 12.9. The molecule has 65 heavy (non-hydrogen) atoms. The van der Waals surface area contributed by atoms with Crippen molar-refractivity contribution in [3.8, 4) is 84.9 Å². The smallest absolute Gasteiger partial charge is 0.164 e. The highest BCUT2D eigenvalue weighted by Gasteiger charge is 2.21. The van der Waals surface area contributed by atoms with E-state index in [0.717, 1.165) is 83.4 Å². The minimum absolute atomic E-state index is 0.593. The molecule has 3 aromatic heterocycles. The first-order chi connectivity index (χ1) is 32.2. The van der Waals surface area contributed by atoms with Gasteiger partial charge in [-0.2, -0.15) is 0 Å². The minimum Gasteiger partial charge on any atom is -0.309 e. The summed E-state index contributed by atoms with van der Waals surface area (Å²) in [6, 6.07) is 79.8. The number of para-hydroxylation sites is 2. The van der Waals surface area contributed by atoms with Gasteiger partial charge in [-0.05, 0) is 64.4 Å². The average Bonchev–Trinajstić information content (AvgIpc) is 3.74. The van der Waals surface area contributed by atoms with Crippen molar-refractivity contribution >= 4 is 32.6 Å². The Kier molecular flexibility index (Phi) is 9.38. The van der Waals surface area contributed by atoms with E-state index in [-0.39, 0.29) is 0 Å². The number of hydrogen-bond acceptors (Lipinski definition) is 5. The van der Waals surface area contributed by atoms with Gasteiger partial charge in [0.25, 0.3) is 0 Å². The van der Waals surface area contributed by atoms with Crippen LogP contribution in [0.3, 0.4) is 0 Å². The molecule has 0 atom stereocenters. The Balaban J connectivity index is 1.01. The summed E-state index contributed by atoms with van der Waals surface area (Å²) in [4.78, 5) is 25.9. The number of benzene rings is 9. The number of hydrogen-bond donors (Lipinski definition) is 0. The van der Waals surface area contributed by atoms with E-state index in [9.17, 15) is 0 Å². The van der Waals surface area contributed by atoms with Gasteiger partial charge in [0, 0.05) is 49.8 Å². The molecule has 6 nitrogen and oxygen atoms in total. The quantitative estimate of drug-likeness (QED) is 0.153. The maximum Gasteiger partial charge on any atom is 0.164 e. The number of aromatic nitrogens is 6. The molecule has 304 valence electrons. The van der Waals surface area contributed by atoms with Gasteiger partial charge in [0.1, 0.15) is 0 Å². The van der Waals surface area contributed by atoms with Crippen LogP contribution in [0.2, 0.25) is 0 Å². The van der Waals surface area contributed by atoms with Crippen molar-refractivity contribution in [2.75, 3.05) is 0 Å². The topological polar surface area (TPSA) is 69.4 Å². The van der Waals surface area contributed by atoms with E-state index in [1.807, 2.05) is 54.6 Å². The Labute approximate surface area is 375 Å². The SMILES string of the molecule is c1ccc(-c2cc(-c3cccc(-c4cccc(-c5nc(-c6ccccc6)nc(-c6cc7c(c8ccccc68)c6ccccc6n7-c6ccccc6)n5)c4)c3)nc(-c3ccccc3)n2)cc1. The molecule has 12 rings (SSSR count). The first-order valence-corrected chi connectivity index (χ1v) is 21.8. The van der Waals surface area contributed by atoms with Gasteiger partial charge in [-0.15, -0.1) is 0 Å². The molecule has 9 aromatic carbocycles. The summed E-state index contributed by atoms with van der Waals surface area (Å²) in [5, 5.41) is 4.62. The van der Waals surface area contributed by atoms with Crippen LogP contribution in [0.4, 0.5) is 0 Å². The Bertz CT molecular complexity index is 3640. The fraction of sp³-hybridized carbons (Fsp3) is 0. The summed E-state index contributed by atoms with van der Waals surface area (Å²) in [6.45, 7) is 0. The molecule has 12 aromatic rings. The standard InChI is InChI=1S/C59H38N6/c1-5-19-39(20-6-1)51-38-52(61-56(60-51)40-21-7-2-8-22-40)44-27-17-25-42(35-44)43-26-18-28-45(36-43)58-62-57(41-23-9-3-10-24-41)63-59(64-58)50-37-54-55(48-32-14-13-31-47(48)50)49-33-15-16-34-53(49)65(54)46-29-11-4-12-30-46/h1-38H. The zero-order valence-electron chi connectivity index (χ0n) is 35.1. The van der Waals surface area contributed by atoms with Crippen LogP contribution in [0.15, 0.2) is 231 Å². The summed E-state index contributed by atoms with van der Waals surface area (Å²) in [6.07, 6.45) is 0. The summed E-state index contributed by atoms with van der Waals surface area (Å²) in [7, 11) is 0. The fourth-order valence-electron chi connectivity index (χ4n) is 8.98. The second kappa shape index (κ2) is 16.1. The number of rotatable bonds is 8. The van der Waals surface area contributed by atoms with Gasteiger partial charge < -0.3 is 4.57 Å². The lowest BCUT2D eigenvalue weighted by atomic mass is 9.98. The van der Waals surface area contributed by atoms with E-state index in [1.54, 1.807) is 0 Å². The van der Waals surface area contributed by atoms with Crippen LogP contribution in [-0.4, -0.2) is 29.5 Å². The summed E-state index contributed by atoms with van der Waals surface area (Å²) in [5.74, 6) is 2.49. The van der Waals surface area contributed by atoms with Crippen LogP contribution < -0.4 is 0 Å². The molecule has 0 spiro atoms. The predicted molar refractivity (Wildman–Crippen MR) is 265 cm³/mol. The molecule has 0 fully saturated rings. The van der Waals surface area contributed by atoms with Crippen LogP contribution in [0.25, 0.3) is 117 Å². The van der Waals surface area contributed by atoms with Gasteiger partial charge >= 0.3 is 0 Å². The van der Waals surface area contributed by atoms with Crippen molar-refractivity contribution < 1.29 is 0 Å². The average molecular weight is 831 g/mol. The van der Waals surface area contributed by atoms with Gasteiger partial charge in [0.15, 0.2) is 23.3 Å². The Morgan fingerprint density at radius 2 is 0.708 bits per heavy atom. The van der Waals surface area contributed by atoms with E-state index in [0.29, 0.717) is 23.3 Å². The second-order valence-electron chi connectivity index (χ2n) is 16.1. The lowest BCUT2D eigenvalue weighted by Gasteiger charge is -2.13. The normalized spacial score (nSPS) is 11.4. The third-order valence-electron chi connectivity index (χ3n) is 12.0. The van der Waals surface area contributed by atoms with Crippen LogP contribution in [0.5, 0.6) is 0 Å². The fourth-order valence-corrected chi connectivity index (χ4v) is 8.98. The molecule has 3 heterocycles. The van der Waals surface area contributed by atoms with Gasteiger partial charge in [0.2, 0.25) is 0 Å². The van der Waals surface area contributed by atoms with Crippen molar-refractivity contribution in [1.82, 2.24) is 29.5 Å². The van der Waals surface area contributed by atoms with Crippen molar-refractivity contribution in [3.05, 3.63) is 231 Å². The van der Waals surface area contributed by atoms with E-state index >= 15 is 0 Å². The summed E-state index contributed by atoms with van der Waals surface area (Å²) >= 11 is 0. The van der Waals surface area contributed by atoms with Crippen LogP contribution >= 0.6 is 0 Å². The van der Waals surface area contributed by atoms with E-state index in [4.69, 9.17) is 24.9 Å². The van der Waals surface area contributed by atoms with E-state index < -0.39 is 0 Å². The van der Waals surface area contributed by atoms with Crippen molar-refractivity contribution in [1.29, 1.82) is 0 Å². The molecular weight excluding hydrogens is 793 g/mol. The highest BCUT2D eigenvalue weighted by molar-refractivity contribution is 6.24. The first kappa shape index (κ1) is 37.9.